The number of hydrogen-bond acceptors (Lipinski definition) is 3. The number of carbonyl (C=O) groups excluding carboxylic acids is 1. The van der Waals surface area contributed by atoms with Crippen molar-refractivity contribution in [3.05, 3.63) is 53.3 Å². The maximum absolute atomic E-state index is 12.3. The number of aryl methyl sites for hydroxylation is 1. The summed E-state index contributed by atoms with van der Waals surface area (Å²) in [5.74, 6) is -0.232. The standard InChI is InChI=1S/C15H17N3O2/c1-18-8-10(16)7-12(18)15(20)17-14-11-5-3-2-4-9(11)6-13(14)19/h2-5,7-8,13-14,19H,6,16H2,1H3,(H,17,20)/t13-,14+/m1/s1. The molecule has 0 bridgehead atoms. The number of nitrogens with zero attached hydrogens (tertiary/aromatic N) is 1. The highest BCUT2D eigenvalue weighted by Gasteiger charge is 2.32. The maximum Gasteiger partial charge on any atom is 0.268 e. The number of benzene rings is 1. The number of aliphatic hydroxyl groups excluding tert-OH is 1. The van der Waals surface area contributed by atoms with E-state index in [1.807, 2.05) is 24.3 Å². The highest BCUT2D eigenvalue weighted by atomic mass is 16.3. The highest BCUT2D eigenvalue weighted by Crippen LogP contribution is 2.31. The zero-order chi connectivity index (χ0) is 14.3. The van der Waals surface area contributed by atoms with E-state index in [2.05, 4.69) is 5.32 Å². The van der Waals surface area contributed by atoms with Gasteiger partial charge in [0.2, 0.25) is 0 Å². The third-order valence-electron chi connectivity index (χ3n) is 3.75. The van der Waals surface area contributed by atoms with Gasteiger partial charge in [0.05, 0.1) is 17.8 Å². The van der Waals surface area contributed by atoms with Crippen molar-refractivity contribution in [3.63, 3.8) is 0 Å². The molecule has 1 heterocycles. The Balaban J connectivity index is 1.85. The van der Waals surface area contributed by atoms with E-state index in [-0.39, 0.29) is 11.9 Å². The van der Waals surface area contributed by atoms with Crippen LogP contribution >= 0.6 is 0 Å². The number of nitrogens with one attached hydrogen (secondary N) is 1. The first-order valence-corrected chi connectivity index (χ1v) is 6.55. The topological polar surface area (TPSA) is 80.3 Å². The van der Waals surface area contributed by atoms with Gasteiger partial charge in [-0.25, -0.2) is 0 Å². The van der Waals surface area contributed by atoms with E-state index in [1.165, 1.54) is 0 Å². The molecule has 0 radical (unpaired) electrons. The highest BCUT2D eigenvalue weighted by molar-refractivity contribution is 5.94. The fourth-order valence-corrected chi connectivity index (χ4v) is 2.78. The average molecular weight is 271 g/mol. The number of fused-ring (bicyclic) bond motifs is 1. The van der Waals surface area contributed by atoms with Gasteiger partial charge in [0, 0.05) is 19.7 Å². The molecule has 0 saturated carbocycles. The largest absolute Gasteiger partial charge is 0.397 e. The van der Waals surface area contributed by atoms with Gasteiger partial charge in [0.15, 0.2) is 0 Å². The molecule has 1 aliphatic rings. The van der Waals surface area contributed by atoms with Crippen LogP contribution in [-0.2, 0) is 13.5 Å². The van der Waals surface area contributed by atoms with Crippen LogP contribution < -0.4 is 11.1 Å². The fourth-order valence-electron chi connectivity index (χ4n) is 2.78. The number of carbonyl (C=O) groups is 1. The molecule has 0 spiro atoms. The molecule has 1 aromatic carbocycles. The number of nitrogen functional groups attached to an aromatic ring is 1. The minimum absolute atomic E-state index is 0.232. The molecule has 2 aromatic rings. The Kier molecular flexibility index (Phi) is 2.99. The molecule has 20 heavy (non-hydrogen) atoms. The molecule has 0 unspecified atom stereocenters. The summed E-state index contributed by atoms with van der Waals surface area (Å²) in [7, 11) is 1.77. The second-order valence-electron chi connectivity index (χ2n) is 5.19. The Morgan fingerprint density at radius 3 is 2.90 bits per heavy atom. The van der Waals surface area contributed by atoms with E-state index >= 15 is 0 Å². The van der Waals surface area contributed by atoms with Crippen LogP contribution in [0.25, 0.3) is 0 Å². The Morgan fingerprint density at radius 1 is 1.45 bits per heavy atom. The van der Waals surface area contributed by atoms with Gasteiger partial charge >= 0.3 is 0 Å². The first-order valence-electron chi connectivity index (χ1n) is 6.55. The molecule has 5 heteroatoms. The molecule has 5 nitrogen and oxygen atoms in total. The molecule has 0 saturated heterocycles. The van der Waals surface area contributed by atoms with E-state index in [4.69, 9.17) is 5.73 Å². The quantitative estimate of drug-likeness (QED) is 0.762. The van der Waals surface area contributed by atoms with Gasteiger partial charge in [0.25, 0.3) is 5.91 Å². The second-order valence-corrected chi connectivity index (χ2v) is 5.19. The number of anilines is 1. The lowest BCUT2D eigenvalue weighted by atomic mass is 10.1. The van der Waals surface area contributed by atoms with Gasteiger partial charge in [-0.15, -0.1) is 0 Å². The van der Waals surface area contributed by atoms with Crippen LogP contribution in [0.2, 0.25) is 0 Å². The summed E-state index contributed by atoms with van der Waals surface area (Å²) in [4.78, 5) is 12.3. The Labute approximate surface area is 117 Å². The van der Waals surface area contributed by atoms with Crippen molar-refractivity contribution >= 4 is 11.6 Å². The summed E-state index contributed by atoms with van der Waals surface area (Å²) in [6.45, 7) is 0. The maximum atomic E-state index is 12.3. The van der Waals surface area contributed by atoms with Crippen LogP contribution in [-0.4, -0.2) is 21.7 Å². The number of aliphatic hydroxyl groups is 1. The SMILES string of the molecule is Cn1cc(N)cc1C(=O)N[C@H]1c2ccccc2C[C@H]1O. The van der Waals surface area contributed by atoms with Gasteiger partial charge in [-0.05, 0) is 17.2 Å². The monoisotopic (exact) mass is 271 g/mol. The minimum atomic E-state index is -0.589. The minimum Gasteiger partial charge on any atom is -0.397 e. The van der Waals surface area contributed by atoms with Crippen molar-refractivity contribution in [3.8, 4) is 0 Å². The first kappa shape index (κ1) is 12.7. The van der Waals surface area contributed by atoms with Crippen LogP contribution in [0.3, 0.4) is 0 Å². The van der Waals surface area contributed by atoms with E-state index in [1.54, 1.807) is 23.9 Å². The molecule has 4 N–H and O–H groups in total. The summed E-state index contributed by atoms with van der Waals surface area (Å²) < 4.78 is 1.68. The first-order chi connectivity index (χ1) is 9.56. The van der Waals surface area contributed by atoms with E-state index in [9.17, 15) is 9.90 Å². The lowest BCUT2D eigenvalue weighted by Crippen LogP contribution is -2.34. The number of aromatic nitrogens is 1. The number of nitrogens with two attached hydrogens (primary N) is 1. The van der Waals surface area contributed by atoms with Crippen LogP contribution in [0.4, 0.5) is 5.69 Å². The van der Waals surface area contributed by atoms with Crippen LogP contribution in [0.15, 0.2) is 36.5 Å². The van der Waals surface area contributed by atoms with E-state index in [0.717, 1.165) is 11.1 Å². The van der Waals surface area contributed by atoms with Crippen LogP contribution in [0.1, 0.15) is 27.7 Å². The molecule has 2 atom stereocenters. The summed E-state index contributed by atoms with van der Waals surface area (Å²) in [5.41, 5.74) is 8.77. The van der Waals surface area contributed by atoms with Crippen molar-refractivity contribution < 1.29 is 9.90 Å². The molecule has 1 aromatic heterocycles. The Hall–Kier alpha value is -2.27. The normalized spacial score (nSPS) is 20.7. The van der Waals surface area contributed by atoms with E-state index < -0.39 is 6.10 Å². The van der Waals surface area contributed by atoms with Crippen molar-refractivity contribution in [1.29, 1.82) is 0 Å². The summed E-state index contributed by atoms with van der Waals surface area (Å²) in [5, 5.41) is 13.0. The zero-order valence-electron chi connectivity index (χ0n) is 11.2. The second kappa shape index (κ2) is 4.68. The van der Waals surface area contributed by atoms with Crippen molar-refractivity contribution in [2.45, 2.75) is 18.6 Å². The molecule has 3 rings (SSSR count). The number of amides is 1. The molecule has 104 valence electrons. The summed E-state index contributed by atoms with van der Waals surface area (Å²) in [6, 6.07) is 9.03. The molecular weight excluding hydrogens is 254 g/mol. The summed E-state index contributed by atoms with van der Waals surface area (Å²) >= 11 is 0. The van der Waals surface area contributed by atoms with Crippen LogP contribution in [0.5, 0.6) is 0 Å². The molecular formula is C15H17N3O2. The van der Waals surface area contributed by atoms with E-state index in [0.29, 0.717) is 17.8 Å². The molecule has 1 amide bonds. The van der Waals surface area contributed by atoms with Gasteiger partial charge in [-0.3, -0.25) is 4.79 Å². The van der Waals surface area contributed by atoms with Gasteiger partial charge in [-0.2, -0.15) is 0 Å². The molecule has 0 fully saturated rings. The zero-order valence-corrected chi connectivity index (χ0v) is 11.2. The predicted octanol–water partition coefficient (Wildman–Crippen LogP) is 0.995. The molecule has 0 aliphatic heterocycles. The lowest BCUT2D eigenvalue weighted by Gasteiger charge is -2.18. The predicted molar refractivity (Wildman–Crippen MR) is 76.2 cm³/mol. The average Bonchev–Trinajstić information content (AvgIpc) is 2.90. The fraction of sp³-hybridized carbons (Fsp3) is 0.267. The van der Waals surface area contributed by atoms with Gasteiger partial charge in [-0.1, -0.05) is 24.3 Å². The number of rotatable bonds is 2. The lowest BCUT2D eigenvalue weighted by molar-refractivity contribution is 0.0850. The van der Waals surface area contributed by atoms with Gasteiger partial charge < -0.3 is 20.7 Å². The van der Waals surface area contributed by atoms with Crippen LogP contribution in [0, 0.1) is 0 Å². The third kappa shape index (κ3) is 2.06. The third-order valence-corrected chi connectivity index (χ3v) is 3.75. The van der Waals surface area contributed by atoms with Crippen molar-refractivity contribution in [2.75, 3.05) is 5.73 Å². The van der Waals surface area contributed by atoms with Crippen molar-refractivity contribution in [2.24, 2.45) is 7.05 Å². The summed E-state index contributed by atoms with van der Waals surface area (Å²) in [6.07, 6.45) is 1.67. The molecule has 1 aliphatic carbocycles. The smallest absolute Gasteiger partial charge is 0.268 e. The van der Waals surface area contributed by atoms with Crippen molar-refractivity contribution in [1.82, 2.24) is 9.88 Å². The van der Waals surface area contributed by atoms with Gasteiger partial charge in [0.1, 0.15) is 5.69 Å². The Morgan fingerprint density at radius 2 is 2.20 bits per heavy atom. The Bertz CT molecular complexity index is 663. The number of hydrogen-bond donors (Lipinski definition) is 3.